The molecule has 2 aliphatic rings. The lowest BCUT2D eigenvalue weighted by Gasteiger charge is -2.14. The monoisotopic (exact) mass is 423 g/mol. The van der Waals surface area contributed by atoms with Crippen molar-refractivity contribution < 1.29 is 14.4 Å². The maximum atomic E-state index is 12.5. The molecule has 0 spiro atoms. The molecule has 1 aromatic carbocycles. The van der Waals surface area contributed by atoms with Crippen LogP contribution in [-0.4, -0.2) is 34.2 Å². The quantitative estimate of drug-likeness (QED) is 0.582. The smallest absolute Gasteiger partial charge is 0.233 e. The van der Waals surface area contributed by atoms with Crippen molar-refractivity contribution in [2.45, 2.75) is 40.0 Å². The van der Waals surface area contributed by atoms with Crippen molar-refractivity contribution in [3.63, 3.8) is 0 Å². The van der Waals surface area contributed by atoms with Crippen LogP contribution in [0.25, 0.3) is 11.3 Å². The highest BCUT2D eigenvalue weighted by Gasteiger charge is 2.46. The van der Waals surface area contributed by atoms with E-state index in [-0.39, 0.29) is 42.5 Å². The van der Waals surface area contributed by atoms with Gasteiger partial charge in [-0.2, -0.15) is 0 Å². The summed E-state index contributed by atoms with van der Waals surface area (Å²) in [5.41, 5.74) is 5.46. The lowest BCUT2D eigenvalue weighted by atomic mass is 9.85. The number of benzene rings is 1. The SMILES string of the molecule is Cc1cc(C)c(-c2csc(NC(=O)CCN3C(=O)[C@H]4CC=CC[C@H]4C3=O)n2)cc1C. The van der Waals surface area contributed by atoms with Gasteiger partial charge in [-0.15, -0.1) is 11.3 Å². The number of likely N-dealkylation sites (tertiary alicyclic amines) is 1. The summed E-state index contributed by atoms with van der Waals surface area (Å²) in [5, 5.41) is 5.25. The number of hydrogen-bond acceptors (Lipinski definition) is 5. The van der Waals surface area contributed by atoms with Gasteiger partial charge < -0.3 is 5.32 Å². The van der Waals surface area contributed by atoms with Crippen molar-refractivity contribution in [3.05, 3.63) is 46.4 Å². The van der Waals surface area contributed by atoms with Crippen LogP contribution in [0.1, 0.15) is 36.0 Å². The van der Waals surface area contributed by atoms with Crippen LogP contribution in [0.3, 0.4) is 0 Å². The van der Waals surface area contributed by atoms with Crippen LogP contribution >= 0.6 is 11.3 Å². The normalized spacial score (nSPS) is 20.6. The molecule has 2 heterocycles. The third-order valence-corrected chi connectivity index (χ3v) is 6.79. The molecule has 2 aromatic rings. The van der Waals surface area contributed by atoms with Gasteiger partial charge in [0.1, 0.15) is 0 Å². The van der Waals surface area contributed by atoms with E-state index in [4.69, 9.17) is 0 Å². The van der Waals surface area contributed by atoms with Gasteiger partial charge in [0.05, 0.1) is 17.5 Å². The van der Waals surface area contributed by atoms with Crippen molar-refractivity contribution in [1.82, 2.24) is 9.88 Å². The number of imide groups is 1. The first-order chi connectivity index (χ1) is 14.3. The van der Waals surface area contributed by atoms with E-state index in [9.17, 15) is 14.4 Å². The highest BCUT2D eigenvalue weighted by Crippen LogP contribution is 2.35. The maximum Gasteiger partial charge on any atom is 0.233 e. The van der Waals surface area contributed by atoms with Gasteiger partial charge in [-0.3, -0.25) is 19.3 Å². The molecule has 1 saturated heterocycles. The molecule has 1 aliphatic heterocycles. The summed E-state index contributed by atoms with van der Waals surface area (Å²) in [4.78, 5) is 43.2. The number of thiazole rings is 1. The molecule has 7 heteroatoms. The van der Waals surface area contributed by atoms with E-state index in [0.717, 1.165) is 16.8 Å². The van der Waals surface area contributed by atoms with Crippen molar-refractivity contribution in [1.29, 1.82) is 0 Å². The number of nitrogens with zero attached hydrogens (tertiary/aromatic N) is 2. The second-order valence-electron chi connectivity index (χ2n) is 8.07. The molecule has 1 fully saturated rings. The van der Waals surface area contributed by atoms with Gasteiger partial charge >= 0.3 is 0 Å². The van der Waals surface area contributed by atoms with Crippen molar-refractivity contribution >= 4 is 34.2 Å². The van der Waals surface area contributed by atoms with Crippen LogP contribution < -0.4 is 5.32 Å². The molecule has 1 aliphatic carbocycles. The number of hydrogen-bond donors (Lipinski definition) is 1. The number of nitrogens with one attached hydrogen (secondary N) is 1. The zero-order valence-electron chi connectivity index (χ0n) is 17.4. The Morgan fingerprint density at radius 3 is 2.37 bits per heavy atom. The number of aryl methyl sites for hydroxylation is 3. The summed E-state index contributed by atoms with van der Waals surface area (Å²) >= 11 is 1.37. The van der Waals surface area contributed by atoms with Gasteiger partial charge in [0.2, 0.25) is 17.7 Å². The summed E-state index contributed by atoms with van der Waals surface area (Å²) in [6.45, 7) is 6.32. The molecular formula is C23H25N3O3S. The predicted molar refractivity (Wildman–Crippen MR) is 117 cm³/mol. The van der Waals surface area contributed by atoms with Crippen LogP contribution in [0.15, 0.2) is 29.7 Å². The largest absolute Gasteiger partial charge is 0.302 e. The molecule has 6 nitrogen and oxygen atoms in total. The maximum absolute atomic E-state index is 12.5. The highest BCUT2D eigenvalue weighted by molar-refractivity contribution is 7.14. The average Bonchev–Trinajstić information content (AvgIpc) is 3.27. The summed E-state index contributed by atoms with van der Waals surface area (Å²) in [7, 11) is 0. The fourth-order valence-electron chi connectivity index (χ4n) is 4.18. The van der Waals surface area contributed by atoms with Gasteiger partial charge in [-0.1, -0.05) is 18.2 Å². The van der Waals surface area contributed by atoms with Crippen LogP contribution in [0.5, 0.6) is 0 Å². The number of fused-ring (bicyclic) bond motifs is 1. The number of allylic oxidation sites excluding steroid dienone is 2. The Morgan fingerprint density at radius 2 is 1.70 bits per heavy atom. The van der Waals surface area contributed by atoms with E-state index in [2.05, 4.69) is 43.2 Å². The van der Waals surface area contributed by atoms with Gasteiger partial charge in [-0.25, -0.2) is 4.98 Å². The van der Waals surface area contributed by atoms with Gasteiger partial charge in [0.15, 0.2) is 5.13 Å². The Balaban J connectivity index is 1.37. The fraction of sp³-hybridized carbons (Fsp3) is 0.391. The molecule has 30 heavy (non-hydrogen) atoms. The number of carbonyl (C=O) groups excluding carboxylic acids is 3. The van der Waals surface area contributed by atoms with Gasteiger partial charge in [0.25, 0.3) is 0 Å². The standard InChI is InChI=1S/C23H25N3O3S/c1-13-10-15(3)18(11-14(13)2)19-12-30-23(24-19)25-20(27)8-9-26-21(28)16-6-4-5-7-17(16)22(26)29/h4-5,10-12,16-17H,6-9H2,1-3H3,(H,24,25,27)/t16-,17+. The molecule has 4 rings (SSSR count). The minimum Gasteiger partial charge on any atom is -0.302 e. The predicted octanol–water partition coefficient (Wildman–Crippen LogP) is 4.02. The molecule has 1 N–H and O–H groups in total. The van der Waals surface area contributed by atoms with E-state index in [0.29, 0.717) is 18.0 Å². The molecule has 2 atom stereocenters. The third kappa shape index (κ3) is 3.81. The number of amides is 3. The Labute approximate surface area is 180 Å². The molecule has 0 unspecified atom stereocenters. The zero-order valence-corrected chi connectivity index (χ0v) is 18.2. The number of carbonyl (C=O) groups is 3. The van der Waals surface area contributed by atoms with Gasteiger partial charge in [-0.05, 0) is 56.4 Å². The number of rotatable bonds is 5. The van der Waals surface area contributed by atoms with Gasteiger partial charge in [0, 0.05) is 23.9 Å². The first-order valence-corrected chi connectivity index (χ1v) is 11.1. The van der Waals surface area contributed by atoms with Crippen molar-refractivity contribution in [3.8, 4) is 11.3 Å². The van der Waals surface area contributed by atoms with E-state index >= 15 is 0 Å². The Morgan fingerprint density at radius 1 is 1.07 bits per heavy atom. The first kappa shape index (κ1) is 20.5. The molecule has 0 saturated carbocycles. The molecular weight excluding hydrogens is 398 g/mol. The minimum atomic E-state index is -0.256. The second kappa shape index (κ2) is 8.14. The minimum absolute atomic E-state index is 0.0714. The van der Waals surface area contributed by atoms with Crippen molar-refractivity contribution in [2.75, 3.05) is 11.9 Å². The summed E-state index contributed by atoms with van der Waals surface area (Å²) in [5.74, 6) is -1.06. The molecule has 3 amide bonds. The second-order valence-corrected chi connectivity index (χ2v) is 8.93. The number of anilines is 1. The van der Waals surface area contributed by atoms with E-state index < -0.39 is 0 Å². The Bertz CT molecular complexity index is 1030. The summed E-state index contributed by atoms with van der Waals surface area (Å²) < 4.78 is 0. The Hall–Kier alpha value is -2.80. The van der Waals surface area contributed by atoms with Crippen LogP contribution in [-0.2, 0) is 14.4 Å². The van der Waals surface area contributed by atoms with Crippen LogP contribution in [0.4, 0.5) is 5.13 Å². The lowest BCUT2D eigenvalue weighted by Crippen LogP contribution is -2.34. The molecule has 0 radical (unpaired) electrons. The van der Waals surface area contributed by atoms with E-state index in [1.807, 2.05) is 17.5 Å². The molecule has 0 bridgehead atoms. The topological polar surface area (TPSA) is 79.4 Å². The summed E-state index contributed by atoms with van der Waals surface area (Å²) in [6, 6.07) is 4.25. The van der Waals surface area contributed by atoms with Crippen LogP contribution in [0, 0.1) is 32.6 Å². The Kier molecular flexibility index (Phi) is 5.56. The third-order valence-electron chi connectivity index (χ3n) is 6.03. The lowest BCUT2D eigenvalue weighted by molar-refractivity contribution is -0.140. The van der Waals surface area contributed by atoms with Crippen molar-refractivity contribution in [2.24, 2.45) is 11.8 Å². The number of aromatic nitrogens is 1. The van der Waals surface area contributed by atoms with E-state index in [1.54, 1.807) is 0 Å². The fourth-order valence-corrected chi connectivity index (χ4v) is 4.90. The van der Waals surface area contributed by atoms with Crippen LogP contribution in [0.2, 0.25) is 0 Å². The molecule has 156 valence electrons. The average molecular weight is 424 g/mol. The highest BCUT2D eigenvalue weighted by atomic mass is 32.1. The summed E-state index contributed by atoms with van der Waals surface area (Å²) in [6.07, 6.45) is 5.21. The zero-order chi connectivity index (χ0) is 21.4. The first-order valence-electron chi connectivity index (χ1n) is 10.2. The van der Waals surface area contributed by atoms with E-state index in [1.165, 1.54) is 27.4 Å². The molecule has 1 aromatic heterocycles.